The normalized spacial score (nSPS) is 13.0. The summed E-state index contributed by atoms with van der Waals surface area (Å²) in [4.78, 5) is 2.39. The van der Waals surface area contributed by atoms with Gasteiger partial charge in [0, 0.05) is 27.5 Å². The highest BCUT2D eigenvalue weighted by Gasteiger charge is 2.50. The largest absolute Gasteiger partial charge is 0.310 e. The molecule has 0 unspecified atom stereocenters. The second-order valence-corrected chi connectivity index (χ2v) is 16.4. The molecule has 0 amide bonds. The van der Waals surface area contributed by atoms with Crippen molar-refractivity contribution >= 4 is 49.6 Å². The Morgan fingerprint density at radius 2 is 0.869 bits per heavy atom. The summed E-state index contributed by atoms with van der Waals surface area (Å²) < 4.78 is 2.54. The molecule has 0 atom stereocenters. The second-order valence-electron chi connectivity index (χ2n) is 16.4. The number of aromatic nitrogens is 1. The Morgan fingerprint density at radius 1 is 0.344 bits per heavy atom. The molecule has 0 fully saturated rings. The quantitative estimate of drug-likeness (QED) is 0.169. The van der Waals surface area contributed by atoms with E-state index in [1.54, 1.807) is 0 Å². The molecule has 2 heteroatoms. The van der Waals surface area contributed by atoms with E-state index in [2.05, 4.69) is 240 Å². The van der Waals surface area contributed by atoms with Gasteiger partial charge in [0.2, 0.25) is 0 Å². The van der Waals surface area contributed by atoms with Crippen molar-refractivity contribution in [2.24, 2.45) is 0 Å². The second kappa shape index (κ2) is 13.0. The average Bonchev–Trinajstić information content (AvgIpc) is 3.83. The Labute approximate surface area is 354 Å². The number of nitrogens with zero attached hydrogens (tertiary/aromatic N) is 2. The highest BCUT2D eigenvalue weighted by Crippen LogP contribution is 2.61. The van der Waals surface area contributed by atoms with Crippen molar-refractivity contribution < 1.29 is 0 Å². The lowest BCUT2D eigenvalue weighted by atomic mass is 9.65. The summed E-state index contributed by atoms with van der Waals surface area (Å²) in [5.74, 6) is 0. The number of hydrogen-bond donors (Lipinski definition) is 0. The van der Waals surface area contributed by atoms with Gasteiger partial charge in [-0.2, -0.15) is 0 Å². The van der Waals surface area contributed by atoms with E-state index < -0.39 is 5.41 Å². The summed E-state index contributed by atoms with van der Waals surface area (Å²) in [5.41, 5.74) is 19.5. The molecule has 1 spiro atoms. The Bertz CT molecular complexity index is 3470. The summed E-state index contributed by atoms with van der Waals surface area (Å²) in [6, 6.07) is 85.1. The van der Waals surface area contributed by atoms with Crippen LogP contribution in [0.3, 0.4) is 0 Å². The van der Waals surface area contributed by atoms with Crippen molar-refractivity contribution in [3.8, 4) is 39.1 Å². The van der Waals surface area contributed by atoms with Crippen LogP contribution in [-0.4, -0.2) is 4.57 Å². The minimum atomic E-state index is -0.413. The first-order chi connectivity index (χ1) is 30.3. The number of hydrogen-bond acceptors (Lipinski definition) is 1. The average molecular weight is 775 g/mol. The molecule has 1 aromatic heterocycles. The fourth-order valence-corrected chi connectivity index (χ4v) is 10.8. The molecular weight excluding hydrogens is 737 g/mol. The number of para-hydroxylation sites is 2. The van der Waals surface area contributed by atoms with Gasteiger partial charge in [-0.05, 0) is 103 Å². The van der Waals surface area contributed by atoms with Crippen LogP contribution in [-0.2, 0) is 5.41 Å². The van der Waals surface area contributed by atoms with Crippen LogP contribution in [0, 0.1) is 0 Å². The van der Waals surface area contributed by atoms with Gasteiger partial charge in [0.15, 0.2) is 0 Å². The maximum Gasteiger partial charge on any atom is 0.0754 e. The maximum absolute atomic E-state index is 2.54. The van der Waals surface area contributed by atoms with Crippen molar-refractivity contribution in [1.29, 1.82) is 0 Å². The molecule has 0 bridgehead atoms. The van der Waals surface area contributed by atoms with Gasteiger partial charge >= 0.3 is 0 Å². The van der Waals surface area contributed by atoms with Crippen molar-refractivity contribution in [1.82, 2.24) is 4.57 Å². The summed E-state index contributed by atoms with van der Waals surface area (Å²) in [6.07, 6.45) is 0. The monoisotopic (exact) mass is 774 g/mol. The molecule has 2 aliphatic rings. The van der Waals surface area contributed by atoms with Gasteiger partial charge in [0.25, 0.3) is 0 Å². The summed E-state index contributed by atoms with van der Waals surface area (Å²) in [6.45, 7) is 0. The van der Waals surface area contributed by atoms with Crippen LogP contribution in [0.5, 0.6) is 0 Å². The van der Waals surface area contributed by atoms with Crippen LogP contribution in [0.4, 0.5) is 17.1 Å². The molecular formula is C59H38N2. The minimum absolute atomic E-state index is 0.413. The molecule has 0 radical (unpaired) electrons. The van der Waals surface area contributed by atoms with E-state index in [-0.39, 0.29) is 0 Å². The topological polar surface area (TPSA) is 8.17 Å². The van der Waals surface area contributed by atoms with Crippen LogP contribution >= 0.6 is 0 Å². The number of fused-ring (bicyclic) bond motifs is 13. The third-order valence-corrected chi connectivity index (χ3v) is 13.4. The zero-order chi connectivity index (χ0) is 40.1. The summed E-state index contributed by atoms with van der Waals surface area (Å²) in [5, 5.41) is 4.99. The molecule has 11 aromatic rings. The molecule has 1 aliphatic carbocycles. The molecule has 13 rings (SSSR count). The molecule has 2 nitrogen and oxygen atoms in total. The molecule has 284 valence electrons. The standard InChI is InChI=1S/C59H38N2/c1-2-14-39(15-3-1)40-28-33-44(34-29-40)60(55-27-12-17-42-16-4-5-18-46(42)55)45-35-30-41(31-36-45)43-32-37-49-50-21-13-25-54-58(50)61(57(49)38-43)56-26-11-10-24-53(56)59(54)51-22-8-6-19-47(51)48-20-7-9-23-52(48)59/h1-38H. The predicted octanol–water partition coefficient (Wildman–Crippen LogP) is 15.4. The van der Waals surface area contributed by atoms with Crippen molar-refractivity contribution in [3.05, 3.63) is 253 Å². The van der Waals surface area contributed by atoms with Gasteiger partial charge < -0.3 is 9.47 Å². The maximum atomic E-state index is 2.54. The third kappa shape index (κ3) is 4.79. The van der Waals surface area contributed by atoms with Crippen molar-refractivity contribution in [3.63, 3.8) is 0 Å². The van der Waals surface area contributed by atoms with Crippen molar-refractivity contribution in [2.75, 3.05) is 4.90 Å². The summed E-state index contributed by atoms with van der Waals surface area (Å²) >= 11 is 0. The fourth-order valence-electron chi connectivity index (χ4n) is 10.8. The van der Waals surface area contributed by atoms with E-state index in [0.717, 1.165) is 17.1 Å². The number of anilines is 3. The Balaban J connectivity index is 0.967. The molecule has 0 saturated carbocycles. The Morgan fingerprint density at radius 3 is 1.61 bits per heavy atom. The molecule has 2 heterocycles. The molecule has 1 aliphatic heterocycles. The van der Waals surface area contributed by atoms with Gasteiger partial charge in [0.05, 0.1) is 27.8 Å². The predicted molar refractivity (Wildman–Crippen MR) is 255 cm³/mol. The Hall–Kier alpha value is -7.94. The highest BCUT2D eigenvalue weighted by atomic mass is 15.1. The van der Waals surface area contributed by atoms with Gasteiger partial charge in [0.1, 0.15) is 0 Å². The van der Waals surface area contributed by atoms with Gasteiger partial charge in [-0.25, -0.2) is 0 Å². The molecule has 61 heavy (non-hydrogen) atoms. The lowest BCUT2D eigenvalue weighted by Crippen LogP contribution is -2.33. The SMILES string of the molecule is c1ccc(-c2ccc(N(c3ccc(-c4ccc5c6cccc7c6n(c5c4)-c4ccccc4C74c5ccccc5-c5ccccc54)cc3)c3cccc4ccccc34)cc2)cc1. The van der Waals surface area contributed by atoms with E-state index in [0.29, 0.717) is 0 Å². The van der Waals surface area contributed by atoms with Gasteiger partial charge in [-0.1, -0.05) is 188 Å². The van der Waals surface area contributed by atoms with E-state index >= 15 is 0 Å². The number of rotatable bonds is 5. The minimum Gasteiger partial charge on any atom is -0.310 e. The van der Waals surface area contributed by atoms with E-state index in [1.807, 2.05) is 0 Å². The van der Waals surface area contributed by atoms with Crippen LogP contribution in [0.15, 0.2) is 231 Å². The van der Waals surface area contributed by atoms with Gasteiger partial charge in [-0.3, -0.25) is 0 Å². The Kier molecular flexibility index (Phi) is 7.26. The number of benzene rings is 10. The fraction of sp³-hybridized carbons (Fsp3) is 0.0169. The van der Waals surface area contributed by atoms with Crippen LogP contribution < -0.4 is 4.90 Å². The van der Waals surface area contributed by atoms with Gasteiger partial charge in [-0.15, -0.1) is 0 Å². The zero-order valence-electron chi connectivity index (χ0n) is 33.3. The van der Waals surface area contributed by atoms with Crippen LogP contribution in [0.2, 0.25) is 0 Å². The van der Waals surface area contributed by atoms with Crippen LogP contribution in [0.1, 0.15) is 22.3 Å². The van der Waals surface area contributed by atoms with Crippen molar-refractivity contribution in [2.45, 2.75) is 5.41 Å². The first-order valence-corrected chi connectivity index (χ1v) is 21.2. The van der Waals surface area contributed by atoms with E-state index in [9.17, 15) is 0 Å². The lowest BCUT2D eigenvalue weighted by Gasteiger charge is -2.39. The first kappa shape index (κ1) is 34.0. The lowest BCUT2D eigenvalue weighted by molar-refractivity contribution is 0.748. The first-order valence-electron chi connectivity index (χ1n) is 21.2. The summed E-state index contributed by atoms with van der Waals surface area (Å²) in [7, 11) is 0. The molecule has 0 N–H and O–H groups in total. The van der Waals surface area contributed by atoms with E-state index in [4.69, 9.17) is 0 Å². The van der Waals surface area contributed by atoms with Crippen LogP contribution in [0.25, 0.3) is 71.6 Å². The third-order valence-electron chi connectivity index (χ3n) is 13.4. The smallest absolute Gasteiger partial charge is 0.0754 e. The van der Waals surface area contributed by atoms with E-state index in [1.165, 1.54) is 93.9 Å². The molecule has 0 saturated heterocycles. The zero-order valence-corrected chi connectivity index (χ0v) is 33.3. The molecule has 10 aromatic carbocycles. The highest BCUT2D eigenvalue weighted by molar-refractivity contribution is 6.13.